The van der Waals surface area contributed by atoms with Crippen molar-refractivity contribution in [3.63, 3.8) is 0 Å². The highest BCUT2D eigenvalue weighted by molar-refractivity contribution is 6.40. The first-order valence-corrected chi connectivity index (χ1v) is 18.5. The van der Waals surface area contributed by atoms with Crippen molar-refractivity contribution in [3.05, 3.63) is 89.2 Å². The van der Waals surface area contributed by atoms with Crippen LogP contribution in [0.5, 0.6) is 0 Å². The fourth-order valence-electron chi connectivity index (χ4n) is 7.07. The zero-order valence-corrected chi connectivity index (χ0v) is 31.0. The highest BCUT2D eigenvalue weighted by Gasteiger charge is 2.55. The van der Waals surface area contributed by atoms with Crippen LogP contribution in [0.25, 0.3) is 5.69 Å². The van der Waals surface area contributed by atoms with E-state index in [0.29, 0.717) is 56.0 Å². The Morgan fingerprint density at radius 2 is 1.65 bits per heavy atom. The molecule has 19 nitrogen and oxygen atoms in total. The fourth-order valence-corrected chi connectivity index (χ4v) is 7.24. The molecule has 7 rings (SSSR count). The number of benzene rings is 3. The SMILES string of the molecule is O=C(CCc1ccc(NC(=O)N2CCC(C(=O)N3CC(O)C3)CC2)cc1)NC1c2ccccc2NC1(NC(=O)C(=O)Nc1cc(Cl)ccc1-n1cnnn1)C(=O)O. The molecule has 0 spiro atoms. The van der Waals surface area contributed by atoms with Gasteiger partial charge in [-0.25, -0.2) is 9.59 Å². The van der Waals surface area contributed by atoms with Crippen LogP contribution in [-0.2, 0) is 30.4 Å². The Kier molecular flexibility index (Phi) is 11.0. The van der Waals surface area contributed by atoms with Gasteiger partial charge in [0.2, 0.25) is 17.5 Å². The predicted molar refractivity (Wildman–Crippen MR) is 203 cm³/mol. The molecule has 0 aliphatic carbocycles. The summed E-state index contributed by atoms with van der Waals surface area (Å²) >= 11 is 6.13. The van der Waals surface area contributed by atoms with E-state index < -0.39 is 41.5 Å². The molecule has 3 aliphatic heterocycles. The standard InChI is InChI=1S/C37H38ClN11O8/c38-23-8-11-29(49-20-39-45-46-49)28(17-23)41-32(52)33(53)44-37(35(55)56)31(26-3-1-2-4-27(26)43-37)42-30(51)12-7-21-5-9-24(10-6-21)40-36(57)47-15-13-22(14-16-47)34(54)48-18-25(50)19-48/h1-6,8-11,17,20,22,25,31,43,50H,7,12-16,18-19H2,(H,40,57)(H,41,52)(H,42,51)(H,44,53)(H,55,56). The minimum absolute atomic E-state index is 0.0233. The van der Waals surface area contributed by atoms with Crippen molar-refractivity contribution in [2.45, 2.75) is 43.5 Å². The number of rotatable bonds is 10. The Bertz CT molecular complexity index is 2190. The smallest absolute Gasteiger partial charge is 0.353 e. The number of nitrogens with zero attached hydrogens (tertiary/aromatic N) is 6. The lowest BCUT2D eigenvalue weighted by Gasteiger charge is -2.40. The zero-order chi connectivity index (χ0) is 40.3. The van der Waals surface area contributed by atoms with Crippen LogP contribution in [0, 0.1) is 5.92 Å². The summed E-state index contributed by atoms with van der Waals surface area (Å²) in [6, 6.07) is 16.2. The zero-order valence-electron chi connectivity index (χ0n) is 30.2. The van der Waals surface area contributed by atoms with Crippen LogP contribution in [0.1, 0.15) is 36.4 Å². The van der Waals surface area contributed by atoms with E-state index in [-0.39, 0.29) is 47.1 Å². The van der Waals surface area contributed by atoms with Crippen molar-refractivity contribution in [2.24, 2.45) is 5.92 Å². The van der Waals surface area contributed by atoms with Gasteiger partial charge in [0, 0.05) is 60.5 Å². The van der Waals surface area contributed by atoms with Gasteiger partial charge < -0.3 is 46.6 Å². The summed E-state index contributed by atoms with van der Waals surface area (Å²) < 4.78 is 1.23. The fraction of sp³-hybridized carbons (Fsp3) is 0.324. The van der Waals surface area contributed by atoms with Gasteiger partial charge in [0.05, 0.1) is 17.5 Å². The normalized spacial score (nSPS) is 19.1. The monoisotopic (exact) mass is 799 g/mol. The Labute approximate surface area is 329 Å². The number of anilines is 3. The molecule has 7 N–H and O–H groups in total. The average Bonchev–Trinajstić information content (AvgIpc) is 3.83. The molecule has 1 aromatic heterocycles. The van der Waals surface area contributed by atoms with E-state index in [9.17, 15) is 39.0 Å². The number of hydrogen-bond donors (Lipinski definition) is 7. The van der Waals surface area contributed by atoms with Gasteiger partial charge in [-0.1, -0.05) is 41.9 Å². The number of halogens is 1. The van der Waals surface area contributed by atoms with Gasteiger partial charge >= 0.3 is 23.8 Å². The molecule has 0 saturated carbocycles. The maximum absolute atomic E-state index is 13.4. The van der Waals surface area contributed by atoms with E-state index in [0.717, 1.165) is 5.56 Å². The van der Waals surface area contributed by atoms with Crippen molar-refractivity contribution in [2.75, 3.05) is 42.1 Å². The van der Waals surface area contributed by atoms with Crippen LogP contribution < -0.4 is 26.6 Å². The molecule has 6 amide bonds. The molecule has 4 aromatic rings. The minimum Gasteiger partial charge on any atom is -0.478 e. The van der Waals surface area contributed by atoms with Crippen molar-refractivity contribution < 1.29 is 39.0 Å². The van der Waals surface area contributed by atoms with Crippen LogP contribution in [0.15, 0.2) is 73.1 Å². The number of tetrazole rings is 1. The van der Waals surface area contributed by atoms with Gasteiger partial charge in [-0.2, -0.15) is 4.68 Å². The first-order chi connectivity index (χ1) is 27.4. The number of hydrogen-bond acceptors (Lipinski definition) is 11. The number of urea groups is 1. The molecule has 2 atom stereocenters. The Balaban J connectivity index is 0.954. The van der Waals surface area contributed by atoms with Crippen molar-refractivity contribution in [1.29, 1.82) is 0 Å². The number of aliphatic hydroxyl groups excluding tert-OH is 1. The van der Waals surface area contributed by atoms with Gasteiger partial charge in [-0.15, -0.1) is 5.10 Å². The van der Waals surface area contributed by atoms with E-state index in [1.807, 2.05) is 0 Å². The first kappa shape index (κ1) is 38.7. The van der Waals surface area contributed by atoms with Crippen LogP contribution in [0.2, 0.25) is 5.02 Å². The largest absolute Gasteiger partial charge is 0.478 e. The number of amides is 6. The van der Waals surface area contributed by atoms with Gasteiger partial charge in [0.1, 0.15) is 12.4 Å². The second-order valence-electron chi connectivity index (χ2n) is 13.9. The molecule has 20 heteroatoms. The highest BCUT2D eigenvalue weighted by Crippen LogP contribution is 2.40. The van der Waals surface area contributed by atoms with Gasteiger partial charge in [-0.05, 0) is 71.7 Å². The van der Waals surface area contributed by atoms with Crippen LogP contribution in [-0.4, -0.2) is 114 Å². The summed E-state index contributed by atoms with van der Waals surface area (Å²) in [4.78, 5) is 81.8. The molecule has 2 unspecified atom stereocenters. The van der Waals surface area contributed by atoms with E-state index >= 15 is 0 Å². The first-order valence-electron chi connectivity index (χ1n) is 18.1. The summed E-state index contributed by atoms with van der Waals surface area (Å²) in [5, 5.41) is 44.3. The second kappa shape index (κ2) is 16.2. The summed E-state index contributed by atoms with van der Waals surface area (Å²) in [5.74, 6) is -4.79. The van der Waals surface area contributed by atoms with E-state index in [2.05, 4.69) is 42.1 Å². The molecule has 4 heterocycles. The topological polar surface area (TPSA) is 253 Å². The number of likely N-dealkylation sites (tertiary alicyclic amines) is 2. The number of para-hydroxylation sites is 1. The lowest BCUT2D eigenvalue weighted by atomic mass is 9.94. The van der Waals surface area contributed by atoms with Gasteiger partial charge in [0.25, 0.3) is 0 Å². The molecule has 3 aliphatic rings. The molecule has 2 fully saturated rings. The van der Waals surface area contributed by atoms with E-state index in [1.165, 1.54) is 29.2 Å². The molecular weight excluding hydrogens is 762 g/mol. The number of aromatic nitrogens is 4. The number of β-amino-alcohol motifs (C(OH)–C–C–N with tert-alkyl or cyclic N) is 1. The van der Waals surface area contributed by atoms with Crippen LogP contribution in [0.4, 0.5) is 21.9 Å². The third-order valence-corrected chi connectivity index (χ3v) is 10.4. The van der Waals surface area contributed by atoms with Crippen LogP contribution in [0.3, 0.4) is 0 Å². The lowest BCUT2D eigenvalue weighted by Crippen LogP contribution is -2.65. The molecule has 296 valence electrons. The summed E-state index contributed by atoms with van der Waals surface area (Å²) in [6.45, 7) is 1.58. The summed E-state index contributed by atoms with van der Waals surface area (Å²) in [7, 11) is 0. The number of fused-ring (bicyclic) bond motifs is 1. The number of aliphatic hydroxyl groups is 1. The molecule has 0 bridgehead atoms. The third-order valence-electron chi connectivity index (χ3n) is 10.2. The second-order valence-corrected chi connectivity index (χ2v) is 14.4. The Hall–Kier alpha value is -6.60. The number of carbonyl (C=O) groups is 6. The van der Waals surface area contributed by atoms with Crippen molar-refractivity contribution in [3.8, 4) is 5.69 Å². The van der Waals surface area contributed by atoms with Gasteiger partial charge in [0.15, 0.2) is 0 Å². The highest BCUT2D eigenvalue weighted by atomic mass is 35.5. The van der Waals surface area contributed by atoms with Crippen LogP contribution >= 0.6 is 11.6 Å². The Morgan fingerprint density at radius 3 is 2.33 bits per heavy atom. The molecule has 2 saturated heterocycles. The maximum Gasteiger partial charge on any atom is 0.353 e. The van der Waals surface area contributed by atoms with Crippen molar-refractivity contribution >= 4 is 64.3 Å². The molecule has 57 heavy (non-hydrogen) atoms. The number of carbonyl (C=O) groups excluding carboxylic acids is 5. The van der Waals surface area contributed by atoms with Crippen molar-refractivity contribution in [1.82, 2.24) is 40.6 Å². The Morgan fingerprint density at radius 1 is 0.912 bits per heavy atom. The number of piperidine rings is 1. The summed E-state index contributed by atoms with van der Waals surface area (Å²) in [5.41, 5.74) is -0.00797. The number of aryl methyl sites for hydroxylation is 1. The predicted octanol–water partition coefficient (Wildman–Crippen LogP) is 1.51. The third kappa shape index (κ3) is 8.33. The number of aliphatic carboxylic acids is 1. The number of carboxylic acid groups (broad SMARTS) is 1. The molecule has 3 aromatic carbocycles. The summed E-state index contributed by atoms with van der Waals surface area (Å²) in [6.07, 6.45) is 2.10. The molecular formula is C37H38ClN11O8. The van der Waals surface area contributed by atoms with E-state index in [1.54, 1.807) is 58.3 Å². The number of carboxylic acids is 1. The van der Waals surface area contributed by atoms with Gasteiger partial charge in [-0.3, -0.25) is 19.2 Å². The lowest BCUT2D eigenvalue weighted by molar-refractivity contribution is -0.149. The maximum atomic E-state index is 13.4. The minimum atomic E-state index is -2.36. The average molecular weight is 800 g/mol. The quantitative estimate of drug-likeness (QED) is 0.113. The van der Waals surface area contributed by atoms with E-state index in [4.69, 9.17) is 11.6 Å². The number of nitrogens with one attached hydrogen (secondary N) is 5. The molecule has 0 radical (unpaired) electrons.